The number of azide groups is 2. The van der Waals surface area contributed by atoms with E-state index in [1.165, 1.54) is 77.0 Å². The molecule has 56 heavy (non-hydrogen) atoms. The Kier molecular flexibility index (Phi) is 24.5. The zero-order chi connectivity index (χ0) is 42.8. The third-order valence-corrected chi connectivity index (χ3v) is 14.6. The molecule has 0 aromatic rings. The van der Waals surface area contributed by atoms with Crippen molar-refractivity contribution in [3.8, 4) is 0 Å². The molecule has 1 heterocycles. The summed E-state index contributed by atoms with van der Waals surface area (Å²) in [6, 6.07) is 0.0699. The van der Waals surface area contributed by atoms with E-state index in [1.807, 2.05) is 19.6 Å². The Morgan fingerprint density at radius 1 is 0.464 bits per heavy atom. The van der Waals surface area contributed by atoms with Crippen molar-refractivity contribution >= 4 is 53.1 Å². The summed E-state index contributed by atoms with van der Waals surface area (Å²) in [5.41, 5.74) is 16.3. The van der Waals surface area contributed by atoms with Gasteiger partial charge in [0, 0.05) is 4.91 Å². The van der Waals surface area contributed by atoms with Crippen LogP contribution in [0.2, 0.25) is 98.2 Å². The largest absolute Gasteiger partial charge is 0.414 e. The molecular formula is C39H85ClN6O5Si5. The van der Waals surface area contributed by atoms with Gasteiger partial charge in [-0.1, -0.05) is 76.1 Å². The first-order chi connectivity index (χ1) is 25.7. The molecule has 5 aliphatic rings. The summed E-state index contributed by atoms with van der Waals surface area (Å²) < 4.78 is 33.4. The molecular weight excluding hydrogens is 808 g/mol. The fraction of sp³-hybridized carbons (Fsp3) is 1.00. The lowest BCUT2D eigenvalue weighted by Crippen LogP contribution is -2.46. The van der Waals surface area contributed by atoms with Gasteiger partial charge in [-0.3, -0.25) is 0 Å². The second-order valence-electron chi connectivity index (χ2n) is 21.1. The molecule has 0 bridgehead atoms. The van der Waals surface area contributed by atoms with E-state index in [1.54, 1.807) is 0 Å². The Morgan fingerprint density at radius 2 is 0.804 bits per heavy atom. The van der Waals surface area contributed by atoms with Crippen LogP contribution < -0.4 is 0 Å². The molecule has 0 radical (unpaired) electrons. The maximum atomic E-state index is 8.45. The average molecular weight is 894 g/mol. The topological polar surface area (TPSA) is 147 Å². The highest BCUT2D eigenvalue weighted by Gasteiger charge is 2.40. The van der Waals surface area contributed by atoms with Crippen molar-refractivity contribution in [1.82, 2.24) is 0 Å². The first kappa shape index (κ1) is 53.8. The summed E-state index contributed by atoms with van der Waals surface area (Å²) in [6.45, 7) is 32.8. The maximum Gasteiger partial charge on any atom is 0.184 e. The Labute approximate surface area is 353 Å². The van der Waals surface area contributed by atoms with Gasteiger partial charge in [0.25, 0.3) is 0 Å². The van der Waals surface area contributed by atoms with Crippen LogP contribution >= 0.6 is 11.6 Å². The van der Waals surface area contributed by atoms with Gasteiger partial charge in [-0.05, 0) is 146 Å². The van der Waals surface area contributed by atoms with Crippen molar-refractivity contribution in [2.75, 3.05) is 0 Å². The van der Waals surface area contributed by atoms with Gasteiger partial charge in [0.05, 0.1) is 48.0 Å². The summed E-state index contributed by atoms with van der Waals surface area (Å²) in [5.74, 6) is 0. The zero-order valence-electron chi connectivity index (χ0n) is 38.5. The van der Waals surface area contributed by atoms with Crippen LogP contribution in [0.3, 0.4) is 0 Å². The third-order valence-electron chi connectivity index (χ3n) is 9.41. The SMILES string of the molecule is C1CCC2OC2C1.C[Si](C)(C)N=[N+]=[N-].C[Si](C)(C)O[C@H]1CCCC[C@@H]1Cl.C[Si](C)(C)O[C@H]1CCCC[C@@H]1N=[N+]=[N-].C[Si](C)(C)O[C@H]1CCCC[C@@H]1O[Si](C)(C)C. The molecule has 0 spiro atoms. The number of hydrogen-bond donors (Lipinski definition) is 0. The van der Waals surface area contributed by atoms with Crippen molar-refractivity contribution in [2.45, 2.75) is 249 Å². The molecule has 8 atom stereocenters. The molecule has 0 aromatic carbocycles. The number of alkyl halides is 1. The minimum Gasteiger partial charge on any atom is -0.414 e. The summed E-state index contributed by atoms with van der Waals surface area (Å²) in [4.78, 5) is 5.59. The highest BCUT2D eigenvalue weighted by atomic mass is 35.5. The van der Waals surface area contributed by atoms with E-state index in [0.717, 1.165) is 25.7 Å². The van der Waals surface area contributed by atoms with Crippen molar-refractivity contribution in [3.05, 3.63) is 20.9 Å². The Balaban J connectivity index is 0.000000362. The molecule has 4 saturated carbocycles. The van der Waals surface area contributed by atoms with E-state index in [9.17, 15) is 0 Å². The molecule has 5 rings (SSSR count). The standard InChI is InChI=1S/C12H28O2Si2.C9H19ClOSi.C9H19N3OSi.C6H10O.C3H9N3Si/c1-15(2,3)13-11-9-7-8-10-12(11)14-16(4,5)6;1-12(2,3)11-9-7-5-4-6-8(9)10;1-14(2,3)13-9-7-5-4-6-8(9)11-12-10;1-2-4-6-5(3-1)7-6;1-7(2,3)6-5-4/h11-12H,7-10H2,1-6H3;8-9H,4-7H2,1-3H3;8-9H,4-7H2,1-3H3;5-6H,1-4H2;1-3H3/t11-,12-;2*8-,9-;;/m000../s1. The molecule has 5 fully saturated rings. The van der Waals surface area contributed by atoms with Crippen molar-refractivity contribution < 1.29 is 22.4 Å². The van der Waals surface area contributed by atoms with E-state index in [2.05, 4.69) is 98.3 Å². The molecule has 1 aliphatic heterocycles. The highest BCUT2D eigenvalue weighted by Crippen LogP contribution is 2.36. The molecule has 0 amide bonds. The van der Waals surface area contributed by atoms with E-state index in [4.69, 9.17) is 45.1 Å². The van der Waals surface area contributed by atoms with E-state index in [0.29, 0.717) is 30.5 Å². The lowest BCUT2D eigenvalue weighted by molar-refractivity contribution is 0.0138. The number of ether oxygens (including phenoxy) is 1. The predicted octanol–water partition coefficient (Wildman–Crippen LogP) is 14.3. The third kappa shape index (κ3) is 28.3. The summed E-state index contributed by atoms with van der Waals surface area (Å²) in [6.07, 6.45) is 22.4. The highest BCUT2D eigenvalue weighted by molar-refractivity contribution is 6.74. The van der Waals surface area contributed by atoms with Crippen molar-refractivity contribution in [2.24, 2.45) is 9.89 Å². The maximum absolute atomic E-state index is 8.45. The normalized spacial score (nSPS) is 29.2. The summed E-state index contributed by atoms with van der Waals surface area (Å²) in [7, 11) is -7.17. The minimum absolute atomic E-state index is 0.0699. The van der Waals surface area contributed by atoms with Gasteiger partial charge in [-0.25, -0.2) is 0 Å². The first-order valence-corrected chi connectivity index (χ1v) is 39.3. The molecule has 1 saturated heterocycles. The molecule has 328 valence electrons. The predicted molar refractivity (Wildman–Crippen MR) is 250 cm³/mol. The average Bonchev–Trinajstić information content (AvgIpc) is 3.83. The van der Waals surface area contributed by atoms with Gasteiger partial charge in [-0.2, -0.15) is 0 Å². The van der Waals surface area contributed by atoms with Crippen LogP contribution in [0.15, 0.2) is 9.89 Å². The molecule has 0 aromatic heterocycles. The van der Waals surface area contributed by atoms with Gasteiger partial charge < -0.3 is 22.4 Å². The fourth-order valence-electron chi connectivity index (χ4n) is 7.26. The summed E-state index contributed by atoms with van der Waals surface area (Å²) in [5, 5.41) is 4.10. The Bertz CT molecular complexity index is 1160. The number of hydrogen-bond acceptors (Lipinski definition) is 7. The molecule has 17 heteroatoms. The lowest BCUT2D eigenvalue weighted by Gasteiger charge is -2.38. The second-order valence-corrected chi connectivity index (χ2v) is 44.0. The molecule has 2 unspecified atom stereocenters. The van der Waals surface area contributed by atoms with Crippen LogP contribution in [0, 0.1) is 0 Å². The number of halogens is 1. The van der Waals surface area contributed by atoms with Crippen molar-refractivity contribution in [3.63, 3.8) is 0 Å². The van der Waals surface area contributed by atoms with Crippen LogP contribution in [0.1, 0.15) is 103 Å². The quantitative estimate of drug-likeness (QED) is 0.0535. The van der Waals surface area contributed by atoms with Gasteiger partial charge >= 0.3 is 0 Å². The van der Waals surface area contributed by atoms with Crippen molar-refractivity contribution in [1.29, 1.82) is 0 Å². The number of epoxide rings is 1. The van der Waals surface area contributed by atoms with Gasteiger partial charge in [0.15, 0.2) is 33.3 Å². The first-order valence-electron chi connectivity index (χ1n) is 21.8. The smallest absolute Gasteiger partial charge is 0.184 e. The minimum atomic E-state index is -1.50. The van der Waals surface area contributed by atoms with E-state index < -0.39 is 41.5 Å². The van der Waals surface area contributed by atoms with Gasteiger partial charge in [0.2, 0.25) is 0 Å². The van der Waals surface area contributed by atoms with Crippen LogP contribution in [0.25, 0.3) is 20.9 Å². The monoisotopic (exact) mass is 893 g/mol. The second kappa shape index (κ2) is 25.5. The fourth-order valence-corrected chi connectivity index (χ4v) is 12.7. The number of fused-ring (bicyclic) bond motifs is 1. The van der Waals surface area contributed by atoms with Gasteiger partial charge in [-0.15, -0.1) is 16.4 Å². The van der Waals surface area contributed by atoms with Crippen LogP contribution in [-0.2, 0) is 22.4 Å². The lowest BCUT2D eigenvalue weighted by atomic mass is 9.93. The number of nitrogens with zero attached hydrogens (tertiary/aromatic N) is 6. The molecule has 11 nitrogen and oxygen atoms in total. The Hall–Kier alpha value is -0.206. The Morgan fingerprint density at radius 3 is 1.14 bits per heavy atom. The molecule has 4 aliphatic carbocycles. The van der Waals surface area contributed by atoms with E-state index >= 15 is 0 Å². The number of rotatable bonds is 10. The molecule has 0 N–H and O–H groups in total. The zero-order valence-corrected chi connectivity index (χ0v) is 44.3. The van der Waals surface area contributed by atoms with Crippen LogP contribution in [0.4, 0.5) is 0 Å². The summed E-state index contributed by atoms with van der Waals surface area (Å²) >= 11 is 6.19. The van der Waals surface area contributed by atoms with Crippen LogP contribution in [0.5, 0.6) is 0 Å². The van der Waals surface area contributed by atoms with Gasteiger partial charge in [0.1, 0.15) is 8.24 Å². The van der Waals surface area contributed by atoms with Crippen LogP contribution in [-0.4, -0.2) is 89.5 Å². The van der Waals surface area contributed by atoms with E-state index in [-0.39, 0.29) is 17.5 Å².